The molecule has 0 spiro atoms. The predicted molar refractivity (Wildman–Crippen MR) is 399 cm³/mol. The van der Waals surface area contributed by atoms with Gasteiger partial charge in [-0.2, -0.15) is 0 Å². The van der Waals surface area contributed by atoms with E-state index < -0.39 is 6.10 Å². The average Bonchev–Trinajstić information content (AvgIpc) is 3.62. The van der Waals surface area contributed by atoms with Crippen LogP contribution in [0.4, 0.5) is 0 Å². The lowest BCUT2D eigenvalue weighted by atomic mass is 10.0. The Labute approximate surface area is 561 Å². The van der Waals surface area contributed by atoms with Gasteiger partial charge >= 0.3 is 11.9 Å². The van der Waals surface area contributed by atoms with Crippen molar-refractivity contribution in [3.63, 3.8) is 0 Å². The van der Waals surface area contributed by atoms with Gasteiger partial charge in [-0.15, -0.1) is 0 Å². The van der Waals surface area contributed by atoms with Gasteiger partial charge in [0.2, 0.25) is 0 Å². The molecule has 1 unspecified atom stereocenters. The lowest BCUT2D eigenvalue weighted by Gasteiger charge is -2.15. The van der Waals surface area contributed by atoms with E-state index in [1.54, 1.807) is 0 Å². The molecular weight excluding hydrogens is 1100 g/mol. The van der Waals surface area contributed by atoms with Crippen molar-refractivity contribution < 1.29 is 24.2 Å². The zero-order valence-corrected chi connectivity index (χ0v) is 59.9. The molecule has 0 amide bonds. The molecule has 0 aromatic carbocycles. The van der Waals surface area contributed by atoms with E-state index in [2.05, 4.69) is 123 Å². The molecule has 0 heterocycles. The Kier molecular flexibility index (Phi) is 76.7. The number of hydrogen-bond donors (Lipinski definition) is 1. The Balaban J connectivity index is 3.41. The van der Waals surface area contributed by atoms with E-state index in [1.807, 2.05) is 0 Å². The molecule has 1 N–H and O–H groups in total. The van der Waals surface area contributed by atoms with Gasteiger partial charge in [0.25, 0.3) is 0 Å². The molecule has 0 saturated heterocycles. The molecule has 0 rings (SSSR count). The summed E-state index contributed by atoms with van der Waals surface area (Å²) in [7, 11) is 0. The normalized spacial score (nSPS) is 12.8. The van der Waals surface area contributed by atoms with Crippen LogP contribution in [0, 0.1) is 0 Å². The van der Waals surface area contributed by atoms with Crippen molar-refractivity contribution in [2.24, 2.45) is 0 Å². The number of hydrogen-bond acceptors (Lipinski definition) is 5. The minimum Gasteiger partial charge on any atom is -0.462 e. The number of carbonyl (C=O) groups is 2. The van der Waals surface area contributed by atoms with Crippen LogP contribution in [0.1, 0.15) is 399 Å². The molecule has 0 radical (unpaired) electrons. The number of esters is 2. The van der Waals surface area contributed by atoms with Crippen molar-refractivity contribution in [3.8, 4) is 0 Å². The second-order valence-electron chi connectivity index (χ2n) is 26.4. The summed E-state index contributed by atoms with van der Waals surface area (Å²) < 4.78 is 10.8. The van der Waals surface area contributed by atoms with E-state index in [9.17, 15) is 14.7 Å². The van der Waals surface area contributed by atoms with E-state index in [4.69, 9.17) is 9.47 Å². The second kappa shape index (κ2) is 79.8. The van der Waals surface area contributed by atoms with Crippen molar-refractivity contribution >= 4 is 11.9 Å². The zero-order chi connectivity index (χ0) is 64.7. The number of rotatable bonds is 73. The third-order valence-corrected chi connectivity index (χ3v) is 17.6. The maximum atomic E-state index is 12.4. The highest BCUT2D eigenvalue weighted by Gasteiger charge is 2.16. The van der Waals surface area contributed by atoms with E-state index in [0.29, 0.717) is 12.8 Å². The van der Waals surface area contributed by atoms with Crippen LogP contribution in [-0.4, -0.2) is 36.4 Å². The topological polar surface area (TPSA) is 72.8 Å². The highest BCUT2D eigenvalue weighted by molar-refractivity contribution is 5.70. The van der Waals surface area contributed by atoms with Crippen molar-refractivity contribution in [2.45, 2.75) is 405 Å². The smallest absolute Gasteiger partial charge is 0.306 e. The van der Waals surface area contributed by atoms with Crippen molar-refractivity contribution in [3.05, 3.63) is 109 Å². The monoisotopic (exact) mass is 1250 g/mol. The van der Waals surface area contributed by atoms with E-state index >= 15 is 0 Å². The Morgan fingerprint density at radius 1 is 0.267 bits per heavy atom. The van der Waals surface area contributed by atoms with Crippen molar-refractivity contribution in [1.29, 1.82) is 0 Å². The number of aliphatic hydroxyl groups excluding tert-OH is 1. The predicted octanol–water partition coefficient (Wildman–Crippen LogP) is 27.9. The molecule has 1 atom stereocenters. The molecule has 5 heteroatoms. The van der Waals surface area contributed by atoms with Crippen LogP contribution < -0.4 is 0 Å². The van der Waals surface area contributed by atoms with Gasteiger partial charge in [-0.3, -0.25) is 9.59 Å². The van der Waals surface area contributed by atoms with Gasteiger partial charge in [0.1, 0.15) is 6.61 Å². The summed E-state index contributed by atoms with van der Waals surface area (Å²) in [5.41, 5.74) is 0. The summed E-state index contributed by atoms with van der Waals surface area (Å²) in [6, 6.07) is 0. The summed E-state index contributed by atoms with van der Waals surface area (Å²) in [4.78, 5) is 24.7. The first-order valence-electron chi connectivity index (χ1n) is 39.4. The van der Waals surface area contributed by atoms with Gasteiger partial charge in [0, 0.05) is 12.8 Å². The van der Waals surface area contributed by atoms with Gasteiger partial charge in [0.05, 0.1) is 6.61 Å². The quantitative estimate of drug-likeness (QED) is 0.0373. The van der Waals surface area contributed by atoms with Crippen LogP contribution in [0.5, 0.6) is 0 Å². The van der Waals surface area contributed by atoms with Gasteiger partial charge in [-0.25, -0.2) is 0 Å². The van der Waals surface area contributed by atoms with Crippen LogP contribution in [0.3, 0.4) is 0 Å². The van der Waals surface area contributed by atoms with E-state index in [-0.39, 0.29) is 25.2 Å². The third kappa shape index (κ3) is 77.0. The van der Waals surface area contributed by atoms with Crippen LogP contribution in [0.15, 0.2) is 109 Å². The lowest BCUT2D eigenvalue weighted by Crippen LogP contribution is -2.28. The number of aliphatic hydroxyl groups is 1. The molecular formula is C85H150O5. The average molecular weight is 1250 g/mol. The fourth-order valence-corrected chi connectivity index (χ4v) is 11.7. The number of unbranched alkanes of at least 4 members (excludes halogenated alkanes) is 47. The molecule has 0 aliphatic carbocycles. The Hall–Kier alpha value is -3.44. The number of allylic oxidation sites excluding steroid dienone is 18. The first kappa shape index (κ1) is 86.6. The molecule has 0 bridgehead atoms. The minimum absolute atomic E-state index is 0.0637. The molecule has 520 valence electrons. The first-order valence-corrected chi connectivity index (χ1v) is 39.4. The Morgan fingerprint density at radius 2 is 0.478 bits per heavy atom. The second-order valence-corrected chi connectivity index (χ2v) is 26.4. The fraction of sp³-hybridized carbons (Fsp3) is 0.765. The molecule has 0 saturated carbocycles. The standard InChI is InChI=1S/C85H150O5/c1-3-5-7-9-11-13-15-17-19-21-23-25-27-29-31-33-35-37-39-41-42-44-45-47-49-51-53-55-57-59-61-63-65-67-69-71-73-75-77-79-84(87)89-82-83(81-86)90-85(88)80-78-76-74-72-70-68-66-64-62-60-58-56-54-52-50-48-46-43-40-38-36-34-32-30-28-26-24-22-20-18-16-14-12-10-8-6-4-2/h6,8,12,14-15,17-18,20-21,23-24,26-27,29-30,32,36,38,83,86H,3-5,7,9-11,13,16,19,22,25,28,31,33-35,37,39-82H2,1-2H3/b8-6-,14-12-,17-15-,20-18-,23-21-,26-24-,29-27-,32-30-,38-36-. The largest absolute Gasteiger partial charge is 0.462 e. The van der Waals surface area contributed by atoms with Gasteiger partial charge in [-0.1, -0.05) is 393 Å². The molecule has 0 aromatic rings. The van der Waals surface area contributed by atoms with Gasteiger partial charge in [-0.05, 0) is 103 Å². The number of ether oxygens (including phenoxy) is 2. The molecule has 0 aromatic heterocycles. The summed E-state index contributed by atoms with van der Waals surface area (Å²) in [6.45, 7) is 4.06. The molecule has 90 heavy (non-hydrogen) atoms. The zero-order valence-electron chi connectivity index (χ0n) is 59.9. The van der Waals surface area contributed by atoms with Crippen LogP contribution in [0.25, 0.3) is 0 Å². The summed E-state index contributed by atoms with van der Waals surface area (Å²) in [5, 5.41) is 9.73. The molecule has 0 fully saturated rings. The van der Waals surface area contributed by atoms with E-state index in [1.165, 1.54) is 283 Å². The highest BCUT2D eigenvalue weighted by Crippen LogP contribution is 2.19. The number of carbonyl (C=O) groups excluding carboxylic acids is 2. The Bertz CT molecular complexity index is 1710. The summed E-state index contributed by atoms with van der Waals surface area (Å²) >= 11 is 0. The molecule has 5 nitrogen and oxygen atoms in total. The summed E-state index contributed by atoms with van der Waals surface area (Å²) in [5.74, 6) is -0.572. The lowest BCUT2D eigenvalue weighted by molar-refractivity contribution is -0.161. The maximum absolute atomic E-state index is 12.4. The van der Waals surface area contributed by atoms with Crippen LogP contribution >= 0.6 is 0 Å². The first-order chi connectivity index (χ1) is 44.6. The minimum atomic E-state index is -0.776. The Morgan fingerprint density at radius 3 is 0.722 bits per heavy atom. The molecule has 0 aliphatic rings. The van der Waals surface area contributed by atoms with E-state index in [0.717, 1.165) is 89.9 Å². The fourth-order valence-electron chi connectivity index (χ4n) is 11.7. The van der Waals surface area contributed by atoms with Crippen molar-refractivity contribution in [1.82, 2.24) is 0 Å². The van der Waals surface area contributed by atoms with Crippen LogP contribution in [-0.2, 0) is 19.1 Å². The summed E-state index contributed by atoms with van der Waals surface area (Å²) in [6.07, 6.45) is 116. The maximum Gasteiger partial charge on any atom is 0.306 e. The SMILES string of the molecule is CC/C=C\C/C=C\C/C=C\C/C=C\C/C=C\C/C=C\CCCCCCCCCCCCCCCCCCCCC(=O)OC(CO)COC(=O)CCCCCCCCCCCCCCCCCCCCCCCCCC/C=C\C/C=C\C/C=C\CCCCCCC. The van der Waals surface area contributed by atoms with Gasteiger partial charge in [0.15, 0.2) is 6.10 Å². The molecule has 0 aliphatic heterocycles. The van der Waals surface area contributed by atoms with Gasteiger partial charge < -0.3 is 14.6 Å². The third-order valence-electron chi connectivity index (χ3n) is 17.6. The van der Waals surface area contributed by atoms with Crippen LogP contribution in [0.2, 0.25) is 0 Å². The highest BCUT2D eigenvalue weighted by atomic mass is 16.6. The van der Waals surface area contributed by atoms with Crippen molar-refractivity contribution in [2.75, 3.05) is 13.2 Å².